The molecule has 0 aliphatic heterocycles. The van der Waals surface area contributed by atoms with Crippen molar-refractivity contribution in [2.75, 3.05) is 0 Å². The van der Waals surface area contributed by atoms with Crippen LogP contribution in [0.2, 0.25) is 0 Å². The van der Waals surface area contributed by atoms with Gasteiger partial charge in [-0.2, -0.15) is 0 Å². The van der Waals surface area contributed by atoms with E-state index >= 15 is 0 Å². The molecule has 0 atom stereocenters. The minimum Gasteiger partial charge on any atom is -0.120 e. The van der Waals surface area contributed by atoms with Crippen LogP contribution in [0.5, 0.6) is 0 Å². The van der Waals surface area contributed by atoms with Crippen LogP contribution in [0.3, 0.4) is 0 Å². The third kappa shape index (κ3) is 1.74. The summed E-state index contributed by atoms with van der Waals surface area (Å²) in [5.41, 5.74) is 1.24. The maximum atomic E-state index is 5.18. The normalized spacial score (nSPS) is 8.80. The molecule has 0 saturated carbocycles. The van der Waals surface area contributed by atoms with E-state index in [0.717, 1.165) is 6.42 Å². The maximum absolute atomic E-state index is 5.18. The van der Waals surface area contributed by atoms with Crippen molar-refractivity contribution in [2.24, 2.45) is 0 Å². The molecule has 50 valence electrons. The van der Waals surface area contributed by atoms with Gasteiger partial charge in [-0.15, -0.1) is 12.3 Å². The first-order valence-corrected chi connectivity index (χ1v) is 4.09. The third-order valence-corrected chi connectivity index (χ3v) is 2.30. The lowest BCUT2D eigenvalue weighted by Crippen LogP contribution is -1.84. The fourth-order valence-corrected chi connectivity index (χ4v) is 1.33. The predicted molar refractivity (Wildman–Crippen MR) is 51.7 cm³/mol. The zero-order chi connectivity index (χ0) is 7.40. The summed E-state index contributed by atoms with van der Waals surface area (Å²) in [4.78, 5) is 0. The molecule has 0 bridgehead atoms. The molecule has 0 aliphatic rings. The Kier molecular flexibility index (Phi) is 2.76. The van der Waals surface area contributed by atoms with E-state index in [1.165, 1.54) is 9.13 Å². The van der Waals surface area contributed by atoms with Gasteiger partial charge in [0.15, 0.2) is 0 Å². The lowest BCUT2D eigenvalue weighted by molar-refractivity contribution is 1.29. The number of hydrogen-bond donors (Lipinski definition) is 0. The predicted octanol–water partition coefficient (Wildman–Crippen LogP) is 2.47. The zero-order valence-corrected chi connectivity index (χ0v) is 7.63. The molecular formula is C9H7I. The van der Waals surface area contributed by atoms with Crippen molar-refractivity contribution in [2.45, 2.75) is 6.42 Å². The van der Waals surface area contributed by atoms with Gasteiger partial charge in [0.05, 0.1) is 0 Å². The fourth-order valence-electron chi connectivity index (χ4n) is 0.752. The van der Waals surface area contributed by atoms with Gasteiger partial charge in [0.2, 0.25) is 0 Å². The van der Waals surface area contributed by atoms with E-state index in [9.17, 15) is 0 Å². The van der Waals surface area contributed by atoms with E-state index in [-0.39, 0.29) is 0 Å². The Hall–Kier alpha value is -0.490. The van der Waals surface area contributed by atoms with Gasteiger partial charge in [0.1, 0.15) is 0 Å². The maximum Gasteiger partial charge on any atom is 0.0348 e. The second kappa shape index (κ2) is 3.62. The Morgan fingerprint density at radius 1 is 1.40 bits per heavy atom. The Labute approximate surface area is 74.8 Å². The Morgan fingerprint density at radius 3 is 2.70 bits per heavy atom. The summed E-state index contributed by atoms with van der Waals surface area (Å²) in [5.74, 6) is 2.62. The van der Waals surface area contributed by atoms with Crippen LogP contribution in [0.1, 0.15) is 5.56 Å². The van der Waals surface area contributed by atoms with E-state index < -0.39 is 0 Å². The molecule has 1 aromatic rings. The smallest absolute Gasteiger partial charge is 0.0348 e. The lowest BCUT2D eigenvalue weighted by atomic mass is 10.2. The number of halogens is 1. The Morgan fingerprint density at radius 2 is 2.10 bits per heavy atom. The molecule has 0 radical (unpaired) electrons. The molecule has 0 amide bonds. The monoisotopic (exact) mass is 242 g/mol. The molecule has 1 heteroatoms. The topological polar surface area (TPSA) is 0 Å². The second-order valence-corrected chi connectivity index (χ2v) is 3.13. The van der Waals surface area contributed by atoms with E-state index in [0.29, 0.717) is 0 Å². The summed E-state index contributed by atoms with van der Waals surface area (Å²) in [5, 5.41) is 0. The summed E-state index contributed by atoms with van der Waals surface area (Å²) in [6, 6.07) is 8.14. The molecule has 0 fully saturated rings. The van der Waals surface area contributed by atoms with Crippen LogP contribution >= 0.6 is 22.6 Å². The number of rotatable bonds is 1. The number of terminal acetylenes is 1. The van der Waals surface area contributed by atoms with Crippen LogP contribution in [0, 0.1) is 15.9 Å². The fraction of sp³-hybridized carbons (Fsp3) is 0.111. The largest absolute Gasteiger partial charge is 0.120 e. The van der Waals surface area contributed by atoms with Gasteiger partial charge in [-0.3, -0.25) is 0 Å². The SMILES string of the molecule is C#CCc1ccccc1I. The van der Waals surface area contributed by atoms with Crippen LogP contribution in [-0.4, -0.2) is 0 Å². The zero-order valence-electron chi connectivity index (χ0n) is 5.47. The summed E-state index contributed by atoms with van der Waals surface area (Å²) in [6.45, 7) is 0. The standard InChI is InChI=1S/C9H7I/c1-2-5-8-6-3-4-7-9(8)10/h1,3-4,6-7H,5H2. The highest BCUT2D eigenvalue weighted by Crippen LogP contribution is 2.10. The van der Waals surface area contributed by atoms with E-state index in [4.69, 9.17) is 6.42 Å². The van der Waals surface area contributed by atoms with Gasteiger partial charge >= 0.3 is 0 Å². The lowest BCUT2D eigenvalue weighted by Gasteiger charge is -1.96. The van der Waals surface area contributed by atoms with Gasteiger partial charge in [0, 0.05) is 9.99 Å². The number of benzene rings is 1. The average Bonchev–Trinajstić information content (AvgIpc) is 1.94. The molecule has 1 rings (SSSR count). The highest BCUT2D eigenvalue weighted by Gasteiger charge is 1.93. The molecule has 0 saturated heterocycles. The van der Waals surface area contributed by atoms with Gasteiger partial charge in [-0.25, -0.2) is 0 Å². The molecular weight excluding hydrogens is 235 g/mol. The van der Waals surface area contributed by atoms with E-state index in [1.54, 1.807) is 0 Å². The molecule has 0 nitrogen and oxygen atoms in total. The van der Waals surface area contributed by atoms with Crippen molar-refractivity contribution in [1.29, 1.82) is 0 Å². The van der Waals surface area contributed by atoms with Crippen LogP contribution < -0.4 is 0 Å². The molecule has 10 heavy (non-hydrogen) atoms. The summed E-state index contributed by atoms with van der Waals surface area (Å²) in [6.07, 6.45) is 5.91. The van der Waals surface area contributed by atoms with Crippen LogP contribution in [0.4, 0.5) is 0 Å². The molecule has 0 heterocycles. The van der Waals surface area contributed by atoms with Crippen LogP contribution in [-0.2, 0) is 6.42 Å². The van der Waals surface area contributed by atoms with Crippen molar-refractivity contribution in [1.82, 2.24) is 0 Å². The molecule has 0 N–H and O–H groups in total. The van der Waals surface area contributed by atoms with Crippen LogP contribution in [0.15, 0.2) is 24.3 Å². The van der Waals surface area contributed by atoms with Gasteiger partial charge in [-0.1, -0.05) is 18.2 Å². The minimum absolute atomic E-state index is 0.735. The molecule has 0 aromatic heterocycles. The molecule has 0 spiro atoms. The first-order chi connectivity index (χ1) is 4.84. The highest BCUT2D eigenvalue weighted by atomic mass is 127. The molecule has 0 unspecified atom stereocenters. The van der Waals surface area contributed by atoms with Crippen molar-refractivity contribution in [3.63, 3.8) is 0 Å². The van der Waals surface area contributed by atoms with Gasteiger partial charge in [-0.05, 0) is 34.2 Å². The van der Waals surface area contributed by atoms with E-state index in [1.807, 2.05) is 12.1 Å². The first-order valence-electron chi connectivity index (χ1n) is 3.01. The van der Waals surface area contributed by atoms with Crippen molar-refractivity contribution in [3.05, 3.63) is 33.4 Å². The summed E-state index contributed by atoms with van der Waals surface area (Å²) in [7, 11) is 0. The third-order valence-electron chi connectivity index (χ3n) is 1.25. The average molecular weight is 242 g/mol. The van der Waals surface area contributed by atoms with Gasteiger partial charge < -0.3 is 0 Å². The Bertz CT molecular complexity index is 258. The van der Waals surface area contributed by atoms with Crippen molar-refractivity contribution >= 4 is 22.6 Å². The highest BCUT2D eigenvalue weighted by molar-refractivity contribution is 14.1. The van der Waals surface area contributed by atoms with Crippen LogP contribution in [0.25, 0.3) is 0 Å². The molecule has 0 aliphatic carbocycles. The quantitative estimate of drug-likeness (QED) is 0.524. The Balaban J connectivity index is 2.94. The first kappa shape index (κ1) is 7.62. The van der Waals surface area contributed by atoms with Crippen molar-refractivity contribution in [3.8, 4) is 12.3 Å². The molecule has 1 aromatic carbocycles. The number of hydrogen-bond acceptors (Lipinski definition) is 0. The van der Waals surface area contributed by atoms with Gasteiger partial charge in [0.25, 0.3) is 0 Å². The summed E-state index contributed by atoms with van der Waals surface area (Å²) >= 11 is 2.29. The second-order valence-electron chi connectivity index (χ2n) is 1.97. The minimum atomic E-state index is 0.735. The van der Waals surface area contributed by atoms with E-state index in [2.05, 4.69) is 40.6 Å². The summed E-state index contributed by atoms with van der Waals surface area (Å²) < 4.78 is 1.25. The van der Waals surface area contributed by atoms with Crippen molar-refractivity contribution < 1.29 is 0 Å².